The molecule has 6 rings (SSSR count). The van der Waals surface area contributed by atoms with Crippen LogP contribution in [0.4, 0.5) is 0 Å². The van der Waals surface area contributed by atoms with Crippen LogP contribution < -0.4 is 5.32 Å². The second-order valence-electron chi connectivity index (χ2n) is 12.7. The van der Waals surface area contributed by atoms with Gasteiger partial charge < -0.3 is 24.6 Å². The summed E-state index contributed by atoms with van der Waals surface area (Å²) in [4.78, 5) is 55.5. The van der Waals surface area contributed by atoms with Gasteiger partial charge in [-0.3, -0.25) is 14.4 Å². The summed E-state index contributed by atoms with van der Waals surface area (Å²) in [5, 5.41) is 3.10. The lowest BCUT2D eigenvalue weighted by atomic mass is 9.57. The molecule has 2 bridgehead atoms. The predicted molar refractivity (Wildman–Crippen MR) is 142 cm³/mol. The van der Waals surface area contributed by atoms with E-state index in [1.807, 2.05) is 13.8 Å². The smallest absolute Gasteiger partial charge is 0.239 e. The van der Waals surface area contributed by atoms with Crippen LogP contribution >= 0.6 is 0 Å². The molecule has 1 N–H and O–H groups in total. The molecular formula is C29H47N3O7. The average molecular weight is 550 g/mol. The topological polar surface area (TPSA) is 107 Å². The molecule has 220 valence electrons. The fraction of sp³-hybridized carbons (Fsp3) is 0.897. The number of fused-ring (bicyclic) bond motifs is 2. The molecule has 10 nitrogen and oxygen atoms in total. The molecule has 6 aliphatic rings. The normalized spacial score (nSPS) is 38.2. The van der Waals surface area contributed by atoms with Crippen molar-refractivity contribution < 1.29 is 33.6 Å². The Kier molecular flexibility index (Phi) is 8.57. The third-order valence-corrected chi connectivity index (χ3v) is 10.1. The van der Waals surface area contributed by atoms with Gasteiger partial charge in [0.15, 0.2) is 11.8 Å². The molecule has 6 fully saturated rings. The summed E-state index contributed by atoms with van der Waals surface area (Å²) in [6.07, 6.45) is 8.48. The fourth-order valence-electron chi connectivity index (χ4n) is 7.94. The van der Waals surface area contributed by atoms with Gasteiger partial charge in [-0.25, -0.2) is 9.78 Å². The summed E-state index contributed by atoms with van der Waals surface area (Å²) >= 11 is 0. The molecule has 3 unspecified atom stereocenters. The summed E-state index contributed by atoms with van der Waals surface area (Å²) < 4.78 is 11.8. The van der Waals surface area contributed by atoms with E-state index < -0.39 is 17.6 Å². The second-order valence-corrected chi connectivity index (χ2v) is 12.7. The molecule has 1 spiro atoms. The van der Waals surface area contributed by atoms with Crippen molar-refractivity contribution >= 4 is 17.7 Å². The minimum absolute atomic E-state index is 0.00467. The SMILES string of the molecule is COCCN(CC(=O)NC1CCCCC1)C(=O)CCN1C(=O)[C@H](C)C2CC[C@H](C)C3CC[C@]4(C)OO[C@]32C1O4. The van der Waals surface area contributed by atoms with Crippen molar-refractivity contribution in [2.45, 2.75) is 109 Å². The number of hydrogen-bond donors (Lipinski definition) is 1. The number of piperidine rings is 1. The highest BCUT2D eigenvalue weighted by atomic mass is 17.3. The lowest BCUT2D eigenvalue weighted by Crippen LogP contribution is -2.75. The van der Waals surface area contributed by atoms with Gasteiger partial charge in [-0.05, 0) is 50.9 Å². The molecule has 7 atom stereocenters. The second kappa shape index (κ2) is 11.6. The molecule has 3 amide bonds. The van der Waals surface area contributed by atoms with E-state index in [2.05, 4.69) is 12.2 Å². The van der Waals surface area contributed by atoms with E-state index in [-0.39, 0.29) is 61.0 Å². The zero-order valence-corrected chi connectivity index (χ0v) is 24.1. The summed E-state index contributed by atoms with van der Waals surface area (Å²) in [5.41, 5.74) is -0.736. The van der Waals surface area contributed by atoms with Crippen molar-refractivity contribution in [1.29, 1.82) is 0 Å². The first kappa shape index (κ1) is 28.8. The standard InChI is InChI=1S/C29H47N3O7/c1-19-10-11-23-20(2)26(35)32(27-29(23)22(19)12-14-28(3,37-27)38-39-29)15-13-25(34)31(16-17-36-4)18-24(33)30-21-8-6-5-7-9-21/h19-23,27H,5-18H2,1-4H3,(H,30,33)/t19-,20+,22?,23?,27?,28-,29+/m0/s1. The van der Waals surface area contributed by atoms with E-state index in [4.69, 9.17) is 19.2 Å². The van der Waals surface area contributed by atoms with Crippen molar-refractivity contribution in [3.8, 4) is 0 Å². The van der Waals surface area contributed by atoms with Crippen molar-refractivity contribution in [3.63, 3.8) is 0 Å². The van der Waals surface area contributed by atoms with Crippen LogP contribution in [0.3, 0.4) is 0 Å². The van der Waals surface area contributed by atoms with Gasteiger partial charge in [-0.2, -0.15) is 0 Å². The summed E-state index contributed by atoms with van der Waals surface area (Å²) in [5.74, 6) is -0.871. The van der Waals surface area contributed by atoms with Gasteiger partial charge in [0.25, 0.3) is 0 Å². The summed E-state index contributed by atoms with van der Waals surface area (Å²) in [7, 11) is 1.58. The van der Waals surface area contributed by atoms with Gasteiger partial charge in [0.1, 0.15) is 0 Å². The van der Waals surface area contributed by atoms with Crippen LogP contribution in [-0.4, -0.2) is 84.5 Å². The van der Waals surface area contributed by atoms with Gasteiger partial charge in [-0.1, -0.05) is 33.1 Å². The van der Waals surface area contributed by atoms with Crippen LogP contribution in [0.25, 0.3) is 0 Å². The van der Waals surface area contributed by atoms with Crippen LogP contribution in [0.2, 0.25) is 0 Å². The lowest BCUT2D eigenvalue weighted by Gasteiger charge is -2.61. The molecule has 4 saturated heterocycles. The summed E-state index contributed by atoms with van der Waals surface area (Å²) in [6, 6.07) is 0.183. The maximum atomic E-state index is 13.7. The van der Waals surface area contributed by atoms with Crippen molar-refractivity contribution in [1.82, 2.24) is 15.1 Å². The zero-order chi connectivity index (χ0) is 27.8. The minimum atomic E-state index is -0.928. The molecule has 4 heterocycles. The van der Waals surface area contributed by atoms with Gasteiger partial charge >= 0.3 is 0 Å². The van der Waals surface area contributed by atoms with Gasteiger partial charge in [0, 0.05) is 50.9 Å². The molecule has 0 aromatic carbocycles. The number of likely N-dealkylation sites (tertiary alicyclic amines) is 1. The van der Waals surface area contributed by atoms with Gasteiger partial charge in [0.2, 0.25) is 23.5 Å². The van der Waals surface area contributed by atoms with E-state index in [1.165, 1.54) is 6.42 Å². The highest BCUT2D eigenvalue weighted by molar-refractivity contribution is 5.86. The van der Waals surface area contributed by atoms with Crippen molar-refractivity contribution in [2.75, 3.05) is 33.4 Å². The number of nitrogens with one attached hydrogen (secondary N) is 1. The third kappa shape index (κ3) is 5.46. The monoisotopic (exact) mass is 549 g/mol. The number of carbonyl (C=O) groups is 3. The highest BCUT2D eigenvalue weighted by Gasteiger charge is 2.70. The van der Waals surface area contributed by atoms with E-state index >= 15 is 0 Å². The number of methoxy groups -OCH3 is 1. The van der Waals surface area contributed by atoms with E-state index in [0.29, 0.717) is 25.5 Å². The molecule has 10 heteroatoms. The van der Waals surface area contributed by atoms with Crippen LogP contribution in [0.1, 0.15) is 85.0 Å². The third-order valence-electron chi connectivity index (χ3n) is 10.1. The minimum Gasteiger partial charge on any atom is -0.383 e. The Hall–Kier alpha value is -1.75. The number of nitrogens with zero attached hydrogens (tertiary/aromatic N) is 2. The molecule has 4 aliphatic heterocycles. The predicted octanol–water partition coefficient (Wildman–Crippen LogP) is 2.99. The highest BCUT2D eigenvalue weighted by Crippen LogP contribution is 2.60. The Bertz CT molecular complexity index is 927. The number of hydrogen-bond acceptors (Lipinski definition) is 7. The summed E-state index contributed by atoms with van der Waals surface area (Å²) in [6.45, 7) is 6.96. The lowest BCUT2D eigenvalue weighted by molar-refractivity contribution is -0.547. The number of rotatable bonds is 9. The Labute approximate surface area is 232 Å². The number of carbonyl (C=O) groups excluding carboxylic acids is 3. The van der Waals surface area contributed by atoms with Crippen LogP contribution in [0.5, 0.6) is 0 Å². The van der Waals surface area contributed by atoms with Gasteiger partial charge in [-0.15, -0.1) is 0 Å². The molecule has 2 aliphatic carbocycles. The fourth-order valence-corrected chi connectivity index (χ4v) is 7.94. The Morgan fingerprint density at radius 3 is 2.59 bits per heavy atom. The molecule has 0 radical (unpaired) electrons. The molecule has 39 heavy (non-hydrogen) atoms. The first-order valence-corrected chi connectivity index (χ1v) is 15.1. The molecule has 0 aromatic rings. The Morgan fingerprint density at radius 2 is 1.85 bits per heavy atom. The quantitative estimate of drug-likeness (QED) is 0.441. The van der Waals surface area contributed by atoms with Crippen LogP contribution in [0, 0.1) is 23.7 Å². The van der Waals surface area contributed by atoms with Crippen molar-refractivity contribution in [2.24, 2.45) is 23.7 Å². The van der Waals surface area contributed by atoms with E-state index in [9.17, 15) is 14.4 Å². The molecular weight excluding hydrogens is 502 g/mol. The van der Waals surface area contributed by atoms with E-state index in [1.54, 1.807) is 16.9 Å². The zero-order valence-electron chi connectivity index (χ0n) is 24.1. The molecule has 2 saturated carbocycles. The van der Waals surface area contributed by atoms with Gasteiger partial charge in [0.05, 0.1) is 13.2 Å². The average Bonchev–Trinajstić information content (AvgIpc) is 3.16. The van der Waals surface area contributed by atoms with Crippen LogP contribution in [0.15, 0.2) is 0 Å². The Balaban J connectivity index is 1.30. The van der Waals surface area contributed by atoms with Crippen molar-refractivity contribution in [3.05, 3.63) is 0 Å². The number of ether oxygens (including phenoxy) is 2. The van der Waals surface area contributed by atoms with Crippen LogP contribution in [-0.2, 0) is 33.6 Å². The first-order valence-electron chi connectivity index (χ1n) is 15.1. The maximum absolute atomic E-state index is 13.7. The maximum Gasteiger partial charge on any atom is 0.239 e. The first-order chi connectivity index (χ1) is 18.7. The number of amides is 3. The Morgan fingerprint density at radius 1 is 1.08 bits per heavy atom. The largest absolute Gasteiger partial charge is 0.383 e. The molecule has 0 aromatic heterocycles. The van der Waals surface area contributed by atoms with E-state index in [0.717, 1.165) is 44.9 Å².